The average molecular weight is 370 g/mol. The van der Waals surface area contributed by atoms with Crippen LogP contribution in [0.3, 0.4) is 0 Å². The first kappa shape index (κ1) is 16.8. The van der Waals surface area contributed by atoms with Gasteiger partial charge in [0.05, 0.1) is 6.54 Å². The highest BCUT2D eigenvalue weighted by Gasteiger charge is 2.21. The van der Waals surface area contributed by atoms with Crippen LogP contribution in [0.4, 0.5) is 0 Å². The highest BCUT2D eigenvalue weighted by Crippen LogP contribution is 2.15. The lowest BCUT2D eigenvalue weighted by Gasteiger charge is -2.34. The number of hydrogen-bond donors (Lipinski definition) is 0. The van der Waals surface area contributed by atoms with Crippen molar-refractivity contribution in [2.75, 3.05) is 46.8 Å². The van der Waals surface area contributed by atoms with Crippen molar-refractivity contribution in [3.05, 3.63) is 28.6 Å². The van der Waals surface area contributed by atoms with Crippen LogP contribution in [0.1, 0.15) is 5.76 Å². The maximum Gasteiger partial charge on any atom is 0.246 e. The van der Waals surface area contributed by atoms with Gasteiger partial charge in [-0.1, -0.05) is 0 Å². The quantitative estimate of drug-likeness (QED) is 0.750. The monoisotopic (exact) mass is 369 g/mol. The Labute approximate surface area is 138 Å². The van der Waals surface area contributed by atoms with Crippen LogP contribution < -0.4 is 0 Å². The Kier molecular flexibility index (Phi) is 5.79. The summed E-state index contributed by atoms with van der Waals surface area (Å²) in [5.74, 6) is 0.685. The lowest BCUT2D eigenvalue weighted by atomic mass is 10.3. The van der Waals surface area contributed by atoms with Crippen LogP contribution in [0.25, 0.3) is 6.08 Å². The second kappa shape index (κ2) is 7.60. The zero-order chi connectivity index (χ0) is 16.1. The maximum atomic E-state index is 12.1. The van der Waals surface area contributed by atoms with E-state index in [1.807, 2.05) is 0 Å². The van der Waals surface area contributed by atoms with Gasteiger partial charge >= 0.3 is 0 Å². The minimum atomic E-state index is -0.0360. The minimum Gasteiger partial charge on any atom is -0.450 e. The molecule has 0 aliphatic carbocycles. The number of piperazine rings is 1. The smallest absolute Gasteiger partial charge is 0.246 e. The van der Waals surface area contributed by atoms with Gasteiger partial charge in [0.15, 0.2) is 4.67 Å². The summed E-state index contributed by atoms with van der Waals surface area (Å²) in [6.45, 7) is 3.10. The number of nitrogens with zero attached hydrogens (tertiary/aromatic N) is 3. The molecule has 1 aliphatic rings. The topological polar surface area (TPSA) is 57.0 Å². The van der Waals surface area contributed by atoms with Crippen molar-refractivity contribution in [3.63, 3.8) is 0 Å². The molecule has 0 spiro atoms. The molecule has 1 aromatic rings. The Bertz CT molecular complexity index is 560. The lowest BCUT2D eigenvalue weighted by molar-refractivity contribution is -0.131. The summed E-state index contributed by atoms with van der Waals surface area (Å²) in [6.07, 6.45) is 3.18. The summed E-state index contributed by atoms with van der Waals surface area (Å²) in [7, 11) is 3.50. The number of rotatable bonds is 4. The fourth-order valence-electron chi connectivity index (χ4n) is 2.14. The molecule has 0 saturated carbocycles. The molecule has 1 saturated heterocycles. The largest absolute Gasteiger partial charge is 0.450 e. The van der Waals surface area contributed by atoms with E-state index in [1.165, 1.54) is 6.08 Å². The van der Waals surface area contributed by atoms with Gasteiger partial charge in [0.25, 0.3) is 0 Å². The van der Waals surface area contributed by atoms with Crippen LogP contribution in [0.15, 0.2) is 27.3 Å². The van der Waals surface area contributed by atoms with Crippen LogP contribution >= 0.6 is 15.9 Å². The third-order valence-corrected chi connectivity index (χ3v) is 3.95. The van der Waals surface area contributed by atoms with Crippen LogP contribution in [-0.2, 0) is 9.59 Å². The molecule has 1 aromatic heterocycles. The van der Waals surface area contributed by atoms with E-state index >= 15 is 0 Å². The molecule has 6 nitrogen and oxygen atoms in total. The van der Waals surface area contributed by atoms with Crippen LogP contribution in [0, 0.1) is 0 Å². The predicted molar refractivity (Wildman–Crippen MR) is 87.2 cm³/mol. The van der Waals surface area contributed by atoms with Crippen molar-refractivity contribution in [1.82, 2.24) is 14.7 Å². The van der Waals surface area contributed by atoms with E-state index < -0.39 is 0 Å². The summed E-state index contributed by atoms with van der Waals surface area (Å²) in [4.78, 5) is 29.2. The summed E-state index contributed by atoms with van der Waals surface area (Å²) in [5.41, 5.74) is 0. The summed E-state index contributed by atoms with van der Waals surface area (Å²) in [6, 6.07) is 3.57. The van der Waals surface area contributed by atoms with Gasteiger partial charge in [-0.2, -0.15) is 0 Å². The molecule has 2 heterocycles. The van der Waals surface area contributed by atoms with Crippen molar-refractivity contribution in [1.29, 1.82) is 0 Å². The van der Waals surface area contributed by atoms with Crippen molar-refractivity contribution >= 4 is 33.8 Å². The first-order valence-electron chi connectivity index (χ1n) is 7.10. The number of amides is 2. The van der Waals surface area contributed by atoms with Gasteiger partial charge in [0, 0.05) is 46.4 Å². The van der Waals surface area contributed by atoms with E-state index in [0.717, 1.165) is 0 Å². The summed E-state index contributed by atoms with van der Waals surface area (Å²) >= 11 is 3.22. The number of furan rings is 1. The van der Waals surface area contributed by atoms with Gasteiger partial charge in [0.1, 0.15) is 5.76 Å². The number of halogens is 1. The first-order chi connectivity index (χ1) is 10.5. The van der Waals surface area contributed by atoms with Crippen molar-refractivity contribution in [2.24, 2.45) is 0 Å². The molecule has 0 bridgehead atoms. The Morgan fingerprint density at radius 2 is 1.95 bits per heavy atom. The predicted octanol–water partition coefficient (Wildman–Crippen LogP) is 1.29. The summed E-state index contributed by atoms with van der Waals surface area (Å²) < 4.78 is 5.95. The Balaban J connectivity index is 1.80. The lowest BCUT2D eigenvalue weighted by Crippen LogP contribution is -2.50. The molecule has 0 atom stereocenters. The fourth-order valence-corrected chi connectivity index (χ4v) is 2.45. The van der Waals surface area contributed by atoms with Crippen molar-refractivity contribution in [2.45, 2.75) is 0 Å². The normalized spacial score (nSPS) is 16.2. The molecule has 1 aliphatic heterocycles. The first-order valence-corrected chi connectivity index (χ1v) is 7.90. The molecule has 7 heteroatoms. The number of hydrogen-bond acceptors (Lipinski definition) is 4. The zero-order valence-electron chi connectivity index (χ0n) is 12.8. The van der Waals surface area contributed by atoms with Crippen molar-refractivity contribution < 1.29 is 14.0 Å². The van der Waals surface area contributed by atoms with E-state index in [0.29, 0.717) is 43.2 Å². The van der Waals surface area contributed by atoms with Crippen LogP contribution in [0.2, 0.25) is 0 Å². The van der Waals surface area contributed by atoms with Crippen molar-refractivity contribution in [3.8, 4) is 0 Å². The minimum absolute atomic E-state index is 0.0360. The molecule has 2 rings (SSSR count). The van der Waals surface area contributed by atoms with Crippen LogP contribution in [0.5, 0.6) is 0 Å². The highest BCUT2D eigenvalue weighted by atomic mass is 79.9. The molecule has 0 N–H and O–H groups in total. The third-order valence-electron chi connectivity index (χ3n) is 3.53. The second-order valence-corrected chi connectivity index (χ2v) is 6.15. The molecular formula is C15H20BrN3O3. The maximum absolute atomic E-state index is 12.1. The van der Waals surface area contributed by atoms with Gasteiger partial charge < -0.3 is 14.2 Å². The Morgan fingerprint density at radius 3 is 2.50 bits per heavy atom. The van der Waals surface area contributed by atoms with E-state index in [1.54, 1.807) is 42.1 Å². The Morgan fingerprint density at radius 1 is 1.27 bits per heavy atom. The number of carbonyl (C=O) groups is 2. The molecule has 0 unspecified atom stereocenters. The molecule has 22 heavy (non-hydrogen) atoms. The van der Waals surface area contributed by atoms with E-state index in [-0.39, 0.29) is 11.8 Å². The zero-order valence-corrected chi connectivity index (χ0v) is 14.4. The van der Waals surface area contributed by atoms with E-state index in [9.17, 15) is 9.59 Å². The molecular weight excluding hydrogens is 350 g/mol. The van der Waals surface area contributed by atoms with Gasteiger partial charge in [-0.05, 0) is 34.1 Å². The van der Waals surface area contributed by atoms with Crippen LogP contribution in [-0.4, -0.2) is 73.3 Å². The standard InChI is InChI=1S/C15H20BrN3O3/c1-17(2)15(21)11-18-7-9-19(10-8-18)14(20)6-4-12-3-5-13(16)22-12/h3-6H,7-11H2,1-2H3/b6-4+. The second-order valence-electron chi connectivity index (χ2n) is 5.36. The molecule has 2 amide bonds. The number of likely N-dealkylation sites (N-methyl/N-ethyl adjacent to an activating group) is 1. The van der Waals surface area contributed by atoms with E-state index in [2.05, 4.69) is 20.8 Å². The molecule has 0 aromatic carbocycles. The Hall–Kier alpha value is -1.60. The highest BCUT2D eigenvalue weighted by molar-refractivity contribution is 9.10. The third kappa shape index (κ3) is 4.71. The number of carbonyl (C=O) groups excluding carboxylic acids is 2. The fraction of sp³-hybridized carbons (Fsp3) is 0.467. The van der Waals surface area contributed by atoms with Gasteiger partial charge in [-0.15, -0.1) is 0 Å². The SMILES string of the molecule is CN(C)C(=O)CN1CCN(C(=O)/C=C/c2ccc(Br)o2)CC1. The summed E-state index contributed by atoms with van der Waals surface area (Å²) in [5, 5.41) is 0. The van der Waals surface area contributed by atoms with Gasteiger partial charge in [-0.3, -0.25) is 14.5 Å². The molecule has 1 fully saturated rings. The van der Waals surface area contributed by atoms with Gasteiger partial charge in [-0.25, -0.2) is 0 Å². The molecule has 120 valence electrons. The molecule has 0 radical (unpaired) electrons. The van der Waals surface area contributed by atoms with E-state index in [4.69, 9.17) is 4.42 Å². The average Bonchev–Trinajstić information content (AvgIpc) is 2.91. The van der Waals surface area contributed by atoms with Gasteiger partial charge in [0.2, 0.25) is 11.8 Å².